The highest BCUT2D eigenvalue weighted by molar-refractivity contribution is 6.09. The molecule has 1 aliphatic heterocycles. The van der Waals surface area contributed by atoms with E-state index in [1.54, 1.807) is 38.1 Å². The molecule has 0 spiro atoms. The minimum atomic E-state index is -1.19. The molecule has 0 aromatic heterocycles. The van der Waals surface area contributed by atoms with E-state index >= 15 is 0 Å². The Hall–Kier alpha value is -2.90. The average Bonchev–Trinajstić information content (AvgIpc) is 2.84. The molecule has 0 bridgehead atoms. The smallest absolute Gasteiger partial charge is 0.325 e. The lowest BCUT2D eigenvalue weighted by atomic mass is 9.92. The van der Waals surface area contributed by atoms with Crippen molar-refractivity contribution in [2.45, 2.75) is 32.2 Å². The van der Waals surface area contributed by atoms with E-state index in [-0.39, 0.29) is 25.5 Å². The van der Waals surface area contributed by atoms with Gasteiger partial charge >= 0.3 is 12.0 Å². The normalized spacial score (nSPS) is 19.2. The number of rotatable bonds is 8. The molecule has 4 amide bonds. The number of hydrogen-bond donors (Lipinski definition) is 2. The maximum Gasteiger partial charge on any atom is 0.325 e. The first kappa shape index (κ1) is 19.4. The van der Waals surface area contributed by atoms with Crippen LogP contribution in [0.4, 0.5) is 4.79 Å². The van der Waals surface area contributed by atoms with Gasteiger partial charge in [-0.2, -0.15) is 0 Å². The average molecular weight is 361 g/mol. The summed E-state index contributed by atoms with van der Waals surface area (Å²) < 4.78 is 4.79. The summed E-state index contributed by atoms with van der Waals surface area (Å²) in [5.41, 5.74) is -0.543. The zero-order valence-electron chi connectivity index (χ0n) is 14.9. The Kier molecular flexibility index (Phi) is 6.32. The molecule has 1 heterocycles. The van der Waals surface area contributed by atoms with Crippen LogP contribution in [0.15, 0.2) is 30.3 Å². The lowest BCUT2D eigenvalue weighted by Crippen LogP contribution is -2.43. The van der Waals surface area contributed by atoms with E-state index in [0.717, 1.165) is 4.90 Å². The molecule has 2 N–H and O–H groups in total. The predicted molar refractivity (Wildman–Crippen MR) is 92.9 cm³/mol. The van der Waals surface area contributed by atoms with Gasteiger partial charge in [0.25, 0.3) is 5.91 Å². The molecule has 8 heteroatoms. The van der Waals surface area contributed by atoms with Crippen molar-refractivity contribution in [1.29, 1.82) is 0 Å². The van der Waals surface area contributed by atoms with Gasteiger partial charge in [-0.15, -0.1) is 0 Å². The van der Waals surface area contributed by atoms with Gasteiger partial charge in [-0.1, -0.05) is 30.3 Å². The SMILES string of the molecule is CCOC(=O)CCCNC(=O)CN1C(=O)N[C@@](C)(c2ccccc2)C1=O. The largest absolute Gasteiger partial charge is 0.466 e. The van der Waals surface area contributed by atoms with Crippen molar-refractivity contribution in [2.24, 2.45) is 0 Å². The van der Waals surface area contributed by atoms with Gasteiger partial charge in [0.2, 0.25) is 5.91 Å². The molecule has 0 aliphatic carbocycles. The van der Waals surface area contributed by atoms with E-state index in [1.165, 1.54) is 0 Å². The molecule has 1 fully saturated rings. The highest BCUT2D eigenvalue weighted by atomic mass is 16.5. The number of urea groups is 1. The van der Waals surface area contributed by atoms with Gasteiger partial charge in [-0.3, -0.25) is 19.3 Å². The van der Waals surface area contributed by atoms with Crippen LogP contribution in [-0.4, -0.2) is 48.4 Å². The van der Waals surface area contributed by atoms with Crippen LogP contribution in [0.2, 0.25) is 0 Å². The first-order valence-electron chi connectivity index (χ1n) is 8.50. The number of carbonyl (C=O) groups is 4. The second-order valence-electron chi connectivity index (χ2n) is 6.07. The van der Waals surface area contributed by atoms with E-state index < -0.39 is 23.4 Å². The number of nitrogens with one attached hydrogen (secondary N) is 2. The van der Waals surface area contributed by atoms with Crippen molar-refractivity contribution in [3.05, 3.63) is 35.9 Å². The maximum atomic E-state index is 12.7. The number of ether oxygens (including phenoxy) is 1. The first-order valence-corrected chi connectivity index (χ1v) is 8.50. The van der Waals surface area contributed by atoms with E-state index in [9.17, 15) is 19.2 Å². The Balaban J connectivity index is 1.87. The molecule has 2 rings (SSSR count). The quantitative estimate of drug-likeness (QED) is 0.407. The Morgan fingerprint density at radius 2 is 1.92 bits per heavy atom. The molecule has 140 valence electrons. The fraction of sp³-hybridized carbons (Fsp3) is 0.444. The molecule has 8 nitrogen and oxygen atoms in total. The van der Waals surface area contributed by atoms with Crippen LogP contribution in [0.1, 0.15) is 32.3 Å². The van der Waals surface area contributed by atoms with Crippen LogP contribution < -0.4 is 10.6 Å². The maximum absolute atomic E-state index is 12.7. The monoisotopic (exact) mass is 361 g/mol. The number of esters is 1. The van der Waals surface area contributed by atoms with Crippen LogP contribution in [0.5, 0.6) is 0 Å². The van der Waals surface area contributed by atoms with Crippen LogP contribution in [0, 0.1) is 0 Å². The second kappa shape index (κ2) is 8.46. The summed E-state index contributed by atoms with van der Waals surface area (Å²) in [6.07, 6.45) is 0.621. The molecule has 1 aromatic carbocycles. The van der Waals surface area contributed by atoms with Crippen molar-refractivity contribution in [2.75, 3.05) is 19.7 Å². The van der Waals surface area contributed by atoms with Gasteiger partial charge in [0, 0.05) is 13.0 Å². The summed E-state index contributed by atoms with van der Waals surface area (Å²) in [5, 5.41) is 5.24. The number of carbonyl (C=O) groups excluding carboxylic acids is 4. The minimum absolute atomic E-state index is 0.198. The highest BCUT2D eigenvalue weighted by Gasteiger charge is 2.49. The molecular formula is C18H23N3O5. The third kappa shape index (κ3) is 4.38. The Bertz CT molecular complexity index is 691. The Morgan fingerprint density at radius 1 is 1.23 bits per heavy atom. The molecule has 1 aromatic rings. The van der Waals surface area contributed by atoms with E-state index in [0.29, 0.717) is 18.6 Å². The number of imide groups is 1. The lowest BCUT2D eigenvalue weighted by molar-refractivity contribution is -0.143. The van der Waals surface area contributed by atoms with Gasteiger partial charge in [-0.05, 0) is 25.8 Å². The van der Waals surface area contributed by atoms with Crippen molar-refractivity contribution in [3.63, 3.8) is 0 Å². The summed E-state index contributed by atoms with van der Waals surface area (Å²) in [6, 6.07) is 8.25. The first-order chi connectivity index (χ1) is 12.4. The zero-order valence-corrected chi connectivity index (χ0v) is 14.9. The van der Waals surface area contributed by atoms with E-state index in [2.05, 4.69) is 10.6 Å². The molecule has 0 saturated carbocycles. The number of nitrogens with zero attached hydrogens (tertiary/aromatic N) is 1. The minimum Gasteiger partial charge on any atom is -0.466 e. The van der Waals surface area contributed by atoms with Gasteiger partial charge in [0.15, 0.2) is 0 Å². The topological polar surface area (TPSA) is 105 Å². The number of amides is 4. The summed E-state index contributed by atoms with van der Waals surface area (Å²) in [4.78, 5) is 48.9. The van der Waals surface area contributed by atoms with Crippen molar-refractivity contribution < 1.29 is 23.9 Å². The predicted octanol–water partition coefficient (Wildman–Crippen LogP) is 0.913. The fourth-order valence-corrected chi connectivity index (χ4v) is 2.70. The molecule has 1 saturated heterocycles. The summed E-state index contributed by atoms with van der Waals surface area (Å²) in [6.45, 7) is 3.54. The molecule has 0 radical (unpaired) electrons. The molecular weight excluding hydrogens is 338 g/mol. The van der Waals surface area contributed by atoms with Crippen molar-refractivity contribution in [1.82, 2.24) is 15.5 Å². The molecule has 26 heavy (non-hydrogen) atoms. The number of benzene rings is 1. The Labute approximate surface area is 151 Å². The summed E-state index contributed by atoms with van der Waals surface area (Å²) >= 11 is 0. The highest BCUT2D eigenvalue weighted by Crippen LogP contribution is 2.28. The van der Waals surface area contributed by atoms with E-state index in [1.807, 2.05) is 6.07 Å². The van der Waals surface area contributed by atoms with Gasteiger partial charge in [-0.25, -0.2) is 4.79 Å². The summed E-state index contributed by atoms with van der Waals surface area (Å²) in [5.74, 6) is -1.26. The second-order valence-corrected chi connectivity index (χ2v) is 6.07. The molecule has 0 unspecified atom stereocenters. The molecule has 1 aliphatic rings. The van der Waals surface area contributed by atoms with Crippen molar-refractivity contribution in [3.8, 4) is 0 Å². The van der Waals surface area contributed by atoms with E-state index in [4.69, 9.17) is 4.74 Å². The van der Waals surface area contributed by atoms with Gasteiger partial charge in [0.05, 0.1) is 6.61 Å². The van der Waals surface area contributed by atoms with Crippen molar-refractivity contribution >= 4 is 23.8 Å². The van der Waals surface area contributed by atoms with Crippen LogP contribution in [0.3, 0.4) is 0 Å². The third-order valence-corrected chi connectivity index (χ3v) is 4.11. The van der Waals surface area contributed by atoms with Crippen LogP contribution >= 0.6 is 0 Å². The third-order valence-electron chi connectivity index (χ3n) is 4.11. The molecule has 1 atom stereocenters. The van der Waals surface area contributed by atoms with Gasteiger partial charge in [0.1, 0.15) is 12.1 Å². The standard InChI is InChI=1S/C18H23N3O5/c1-3-26-15(23)10-7-11-19-14(22)12-21-16(24)18(2,20-17(21)25)13-8-5-4-6-9-13/h4-6,8-9H,3,7,10-12H2,1-2H3,(H,19,22)(H,20,25)/t18-/m0/s1. The van der Waals surface area contributed by atoms with Crippen LogP contribution in [0.25, 0.3) is 0 Å². The summed E-state index contributed by atoms with van der Waals surface area (Å²) in [7, 11) is 0. The Morgan fingerprint density at radius 3 is 2.58 bits per heavy atom. The fourth-order valence-electron chi connectivity index (χ4n) is 2.70. The van der Waals surface area contributed by atoms with Crippen LogP contribution in [-0.2, 0) is 24.7 Å². The lowest BCUT2D eigenvalue weighted by Gasteiger charge is -2.22. The number of hydrogen-bond acceptors (Lipinski definition) is 5. The van der Waals surface area contributed by atoms with Gasteiger partial charge < -0.3 is 15.4 Å². The zero-order chi connectivity index (χ0) is 19.2.